The number of benzene rings is 1. The van der Waals surface area contributed by atoms with E-state index >= 15 is 0 Å². The molecule has 0 atom stereocenters. The van der Waals surface area contributed by atoms with Crippen LogP contribution < -0.4 is 10.1 Å². The van der Waals surface area contributed by atoms with Gasteiger partial charge in [0.15, 0.2) is 0 Å². The lowest BCUT2D eigenvalue weighted by atomic mass is 10.1. The molecular weight excluding hydrogens is 248 g/mol. The van der Waals surface area contributed by atoms with Gasteiger partial charge in [-0.1, -0.05) is 29.3 Å². The number of halogens is 1. The van der Waals surface area contributed by atoms with Crippen molar-refractivity contribution >= 4 is 11.6 Å². The minimum atomic E-state index is 0.565. The van der Waals surface area contributed by atoms with E-state index < -0.39 is 0 Å². The maximum Gasteiger partial charge on any atom is 0.147 e. The van der Waals surface area contributed by atoms with Crippen LogP contribution in [0, 0.1) is 6.92 Å². The summed E-state index contributed by atoms with van der Waals surface area (Å²) in [5, 5.41) is 3.69. The molecule has 0 unspecified atom stereocenters. The van der Waals surface area contributed by atoms with Crippen molar-refractivity contribution in [2.24, 2.45) is 0 Å². The number of aromatic nitrogens is 1. The van der Waals surface area contributed by atoms with Crippen molar-refractivity contribution in [3.05, 3.63) is 52.8 Å². The smallest absolute Gasteiger partial charge is 0.147 e. The van der Waals surface area contributed by atoms with Gasteiger partial charge in [-0.2, -0.15) is 0 Å². The molecule has 2 aromatic rings. The number of ether oxygens (including phenoxy) is 1. The van der Waals surface area contributed by atoms with Crippen LogP contribution in [0.5, 0.6) is 11.5 Å². The summed E-state index contributed by atoms with van der Waals surface area (Å²) >= 11 is 5.88. The molecule has 0 aliphatic rings. The van der Waals surface area contributed by atoms with Crippen molar-refractivity contribution in [2.75, 3.05) is 7.05 Å². The molecule has 94 valence electrons. The first-order valence-electron chi connectivity index (χ1n) is 5.71. The van der Waals surface area contributed by atoms with E-state index in [1.165, 1.54) is 5.56 Å². The van der Waals surface area contributed by atoms with E-state index in [1.807, 2.05) is 19.2 Å². The Morgan fingerprint density at radius 3 is 2.83 bits per heavy atom. The van der Waals surface area contributed by atoms with Crippen LogP contribution >= 0.6 is 11.6 Å². The Kier molecular flexibility index (Phi) is 4.18. The number of nitrogens with zero attached hydrogens (tertiary/aromatic N) is 1. The van der Waals surface area contributed by atoms with Crippen LogP contribution in [0.25, 0.3) is 0 Å². The van der Waals surface area contributed by atoms with Crippen LogP contribution in [0.2, 0.25) is 5.02 Å². The fraction of sp³-hybridized carbons (Fsp3) is 0.214. The van der Waals surface area contributed by atoms with Crippen molar-refractivity contribution in [3.63, 3.8) is 0 Å². The summed E-state index contributed by atoms with van der Waals surface area (Å²) in [5.41, 5.74) is 2.31. The monoisotopic (exact) mass is 262 g/mol. The molecule has 0 bridgehead atoms. The molecule has 0 fully saturated rings. The van der Waals surface area contributed by atoms with Crippen molar-refractivity contribution < 1.29 is 4.74 Å². The summed E-state index contributed by atoms with van der Waals surface area (Å²) in [4.78, 5) is 4.00. The zero-order valence-electron chi connectivity index (χ0n) is 10.4. The average molecular weight is 263 g/mol. The number of hydrogen-bond donors (Lipinski definition) is 1. The van der Waals surface area contributed by atoms with E-state index in [0.717, 1.165) is 17.9 Å². The highest BCUT2D eigenvalue weighted by molar-refractivity contribution is 6.30. The Morgan fingerprint density at radius 2 is 2.11 bits per heavy atom. The third-order valence-electron chi connectivity index (χ3n) is 2.49. The van der Waals surface area contributed by atoms with Gasteiger partial charge >= 0.3 is 0 Å². The largest absolute Gasteiger partial charge is 0.455 e. The highest BCUT2D eigenvalue weighted by Gasteiger charge is 2.05. The molecule has 0 aliphatic heterocycles. The van der Waals surface area contributed by atoms with E-state index in [0.29, 0.717) is 10.8 Å². The zero-order valence-corrected chi connectivity index (χ0v) is 11.2. The first-order chi connectivity index (χ1) is 8.69. The zero-order chi connectivity index (χ0) is 13.0. The first-order valence-corrected chi connectivity index (χ1v) is 6.09. The molecular formula is C14H15ClN2O. The van der Waals surface area contributed by atoms with Crippen LogP contribution in [-0.4, -0.2) is 12.0 Å². The summed E-state index contributed by atoms with van der Waals surface area (Å²) in [6.45, 7) is 2.81. The molecule has 2 rings (SSSR count). The lowest BCUT2D eigenvalue weighted by molar-refractivity contribution is 0.472. The molecule has 0 spiro atoms. The fourth-order valence-corrected chi connectivity index (χ4v) is 1.88. The Hall–Kier alpha value is -1.58. The molecule has 0 radical (unpaired) electrons. The van der Waals surface area contributed by atoms with Gasteiger partial charge in [-0.25, -0.2) is 0 Å². The van der Waals surface area contributed by atoms with Gasteiger partial charge in [-0.05, 0) is 20.0 Å². The Bertz CT molecular complexity index is 543. The summed E-state index contributed by atoms with van der Waals surface area (Å²) in [7, 11) is 1.91. The molecule has 1 N–H and O–H groups in total. The highest BCUT2D eigenvalue weighted by Crippen LogP contribution is 2.27. The van der Waals surface area contributed by atoms with Gasteiger partial charge in [0, 0.05) is 24.4 Å². The molecule has 0 saturated carbocycles. The third-order valence-corrected chi connectivity index (χ3v) is 2.70. The van der Waals surface area contributed by atoms with E-state index in [4.69, 9.17) is 16.3 Å². The summed E-state index contributed by atoms with van der Waals surface area (Å²) in [6, 6.07) is 7.83. The number of pyridine rings is 1. The summed E-state index contributed by atoms with van der Waals surface area (Å²) in [6.07, 6.45) is 3.23. The summed E-state index contributed by atoms with van der Waals surface area (Å²) < 4.78 is 5.81. The van der Waals surface area contributed by atoms with E-state index in [-0.39, 0.29) is 0 Å². The maximum atomic E-state index is 5.88. The molecule has 18 heavy (non-hydrogen) atoms. The number of hydrogen-bond acceptors (Lipinski definition) is 3. The predicted octanol–water partition coefficient (Wildman–Crippen LogP) is 3.56. The molecule has 1 heterocycles. The second kappa shape index (κ2) is 5.85. The van der Waals surface area contributed by atoms with Crippen LogP contribution in [0.1, 0.15) is 11.1 Å². The van der Waals surface area contributed by atoms with Gasteiger partial charge < -0.3 is 10.1 Å². The fourth-order valence-electron chi connectivity index (χ4n) is 1.71. The molecule has 0 amide bonds. The van der Waals surface area contributed by atoms with E-state index in [1.54, 1.807) is 18.5 Å². The van der Waals surface area contributed by atoms with Crippen molar-refractivity contribution in [2.45, 2.75) is 13.5 Å². The number of nitrogens with one attached hydrogen (secondary N) is 1. The molecule has 0 aliphatic carbocycles. The number of aryl methyl sites for hydroxylation is 1. The maximum absolute atomic E-state index is 5.88. The quantitative estimate of drug-likeness (QED) is 0.915. The highest BCUT2D eigenvalue weighted by atomic mass is 35.5. The average Bonchev–Trinajstić information content (AvgIpc) is 2.33. The van der Waals surface area contributed by atoms with Gasteiger partial charge in [-0.3, -0.25) is 4.98 Å². The SMILES string of the molecule is CNCc1cc(C)ccc1Oc1cncc(Cl)c1. The lowest BCUT2D eigenvalue weighted by Crippen LogP contribution is -2.06. The molecule has 1 aromatic heterocycles. The van der Waals surface area contributed by atoms with Crippen LogP contribution in [-0.2, 0) is 6.54 Å². The Morgan fingerprint density at radius 1 is 1.28 bits per heavy atom. The van der Waals surface area contributed by atoms with E-state index in [9.17, 15) is 0 Å². The molecule has 1 aromatic carbocycles. The van der Waals surface area contributed by atoms with Crippen molar-refractivity contribution in [1.29, 1.82) is 0 Å². The third kappa shape index (κ3) is 3.22. The normalized spacial score (nSPS) is 10.4. The van der Waals surface area contributed by atoms with Gasteiger partial charge in [0.25, 0.3) is 0 Å². The van der Waals surface area contributed by atoms with Gasteiger partial charge in [0.05, 0.1) is 11.2 Å². The second-order valence-corrected chi connectivity index (χ2v) is 4.52. The summed E-state index contributed by atoms with van der Waals surface area (Å²) in [5.74, 6) is 1.46. The molecule has 4 heteroatoms. The Labute approximate surface area is 112 Å². The molecule has 0 saturated heterocycles. The van der Waals surface area contributed by atoms with Crippen LogP contribution in [0.3, 0.4) is 0 Å². The lowest BCUT2D eigenvalue weighted by Gasteiger charge is -2.11. The van der Waals surface area contributed by atoms with Gasteiger partial charge in [0.1, 0.15) is 11.5 Å². The van der Waals surface area contributed by atoms with Crippen LogP contribution in [0.4, 0.5) is 0 Å². The molecule has 3 nitrogen and oxygen atoms in total. The standard InChI is InChI=1S/C14H15ClN2O/c1-10-3-4-14(11(5-10)7-16-2)18-13-6-12(15)8-17-9-13/h3-6,8-9,16H,7H2,1-2H3. The van der Waals surface area contributed by atoms with Crippen molar-refractivity contribution in [1.82, 2.24) is 10.3 Å². The minimum absolute atomic E-state index is 0.565. The van der Waals surface area contributed by atoms with Gasteiger partial charge in [0.2, 0.25) is 0 Å². The minimum Gasteiger partial charge on any atom is -0.455 e. The van der Waals surface area contributed by atoms with Crippen molar-refractivity contribution in [3.8, 4) is 11.5 Å². The van der Waals surface area contributed by atoms with E-state index in [2.05, 4.69) is 23.3 Å². The number of rotatable bonds is 4. The van der Waals surface area contributed by atoms with Crippen LogP contribution in [0.15, 0.2) is 36.7 Å². The second-order valence-electron chi connectivity index (χ2n) is 4.08. The topological polar surface area (TPSA) is 34.1 Å². The van der Waals surface area contributed by atoms with Gasteiger partial charge in [-0.15, -0.1) is 0 Å². The predicted molar refractivity (Wildman–Crippen MR) is 73.3 cm³/mol. The first kappa shape index (κ1) is 12.9. The Balaban J connectivity index is 2.28.